The van der Waals surface area contributed by atoms with Gasteiger partial charge in [-0.2, -0.15) is 0 Å². The van der Waals surface area contributed by atoms with Crippen LogP contribution in [0, 0.1) is 17.7 Å². The first-order valence-corrected chi connectivity index (χ1v) is 8.53. The second-order valence-corrected chi connectivity index (χ2v) is 6.86. The molecular weight excluding hydrogens is 311 g/mol. The highest BCUT2D eigenvalue weighted by Gasteiger charge is 2.36. The van der Waals surface area contributed by atoms with Gasteiger partial charge in [-0.25, -0.2) is 9.18 Å². The lowest BCUT2D eigenvalue weighted by Gasteiger charge is -2.32. The van der Waals surface area contributed by atoms with E-state index in [1.807, 2.05) is 0 Å². The number of hydrogen-bond donors (Lipinski definition) is 2. The Morgan fingerprint density at radius 3 is 2.54 bits per heavy atom. The first kappa shape index (κ1) is 16.9. The lowest BCUT2D eigenvalue weighted by atomic mass is 9.79. The van der Waals surface area contributed by atoms with Crippen molar-refractivity contribution >= 4 is 11.9 Å². The summed E-state index contributed by atoms with van der Waals surface area (Å²) >= 11 is 0. The molecule has 130 valence electrons. The maximum Gasteiger partial charge on any atom is 0.326 e. The third kappa shape index (κ3) is 3.93. The summed E-state index contributed by atoms with van der Waals surface area (Å²) in [5.41, 5.74) is 1.01. The number of rotatable bonds is 6. The zero-order valence-electron chi connectivity index (χ0n) is 13.6. The van der Waals surface area contributed by atoms with Crippen molar-refractivity contribution in [3.8, 4) is 0 Å². The highest BCUT2D eigenvalue weighted by atomic mass is 19.1. The Kier molecular flexibility index (Phi) is 5.14. The number of likely N-dealkylation sites (tertiary alicyclic amines) is 1. The van der Waals surface area contributed by atoms with E-state index in [4.69, 9.17) is 0 Å². The molecule has 2 fully saturated rings. The summed E-state index contributed by atoms with van der Waals surface area (Å²) in [6, 6.07) is 5.62. The average Bonchev–Trinajstić information content (AvgIpc) is 2.95. The number of nitrogens with zero attached hydrogens (tertiary/aromatic N) is 1. The van der Waals surface area contributed by atoms with Gasteiger partial charge in [-0.15, -0.1) is 0 Å². The van der Waals surface area contributed by atoms with E-state index in [0.29, 0.717) is 13.1 Å². The van der Waals surface area contributed by atoms with Crippen LogP contribution < -0.4 is 5.32 Å². The van der Waals surface area contributed by atoms with Gasteiger partial charge in [0.1, 0.15) is 11.9 Å². The molecule has 5 nitrogen and oxygen atoms in total. The van der Waals surface area contributed by atoms with Gasteiger partial charge in [0.2, 0.25) is 5.91 Å². The van der Waals surface area contributed by atoms with Crippen LogP contribution in [-0.4, -0.2) is 41.0 Å². The molecule has 0 spiro atoms. The van der Waals surface area contributed by atoms with Crippen LogP contribution in [0.1, 0.15) is 31.2 Å². The van der Waals surface area contributed by atoms with Crippen molar-refractivity contribution in [2.75, 3.05) is 13.1 Å². The number of halogens is 1. The minimum absolute atomic E-state index is 0.0724. The summed E-state index contributed by atoms with van der Waals surface area (Å²) in [4.78, 5) is 25.9. The molecule has 1 aromatic rings. The Labute approximate surface area is 140 Å². The number of hydrogen-bond acceptors (Lipinski definition) is 3. The monoisotopic (exact) mass is 334 g/mol. The average molecular weight is 334 g/mol. The van der Waals surface area contributed by atoms with Crippen LogP contribution >= 0.6 is 0 Å². The van der Waals surface area contributed by atoms with Crippen LogP contribution in [0.15, 0.2) is 24.3 Å². The topological polar surface area (TPSA) is 69.6 Å². The number of benzene rings is 1. The van der Waals surface area contributed by atoms with E-state index in [0.717, 1.165) is 37.8 Å². The van der Waals surface area contributed by atoms with Gasteiger partial charge in [-0.1, -0.05) is 18.6 Å². The third-order valence-electron chi connectivity index (χ3n) is 5.15. The second kappa shape index (κ2) is 7.30. The van der Waals surface area contributed by atoms with Crippen molar-refractivity contribution in [1.29, 1.82) is 0 Å². The molecule has 1 heterocycles. The summed E-state index contributed by atoms with van der Waals surface area (Å²) in [6.45, 7) is 2.08. The molecule has 1 amide bonds. The fourth-order valence-corrected chi connectivity index (χ4v) is 3.46. The van der Waals surface area contributed by atoms with Crippen molar-refractivity contribution < 1.29 is 19.1 Å². The lowest BCUT2D eigenvalue weighted by molar-refractivity contribution is -0.145. The van der Waals surface area contributed by atoms with Gasteiger partial charge in [-0.05, 0) is 49.4 Å². The molecule has 1 saturated heterocycles. The Balaban J connectivity index is 1.51. The molecule has 24 heavy (non-hydrogen) atoms. The number of amides is 1. The molecule has 2 N–H and O–H groups in total. The molecule has 2 atom stereocenters. The molecule has 0 bridgehead atoms. The summed E-state index contributed by atoms with van der Waals surface area (Å²) in [5.74, 6) is -1.45. The fraction of sp³-hybridized carbons (Fsp3) is 0.556. The van der Waals surface area contributed by atoms with Crippen molar-refractivity contribution in [2.45, 2.75) is 38.3 Å². The van der Waals surface area contributed by atoms with E-state index in [-0.39, 0.29) is 23.6 Å². The highest BCUT2D eigenvalue weighted by molar-refractivity contribution is 5.85. The van der Waals surface area contributed by atoms with Crippen molar-refractivity contribution in [3.63, 3.8) is 0 Å². The summed E-state index contributed by atoms with van der Waals surface area (Å²) in [5, 5.41) is 12.1. The lowest BCUT2D eigenvalue weighted by Crippen LogP contribution is -2.50. The molecule has 0 aromatic heterocycles. The Morgan fingerprint density at radius 2 is 1.96 bits per heavy atom. The minimum atomic E-state index is -0.936. The molecule has 3 rings (SSSR count). The van der Waals surface area contributed by atoms with Gasteiger partial charge in [0.15, 0.2) is 0 Å². The Hall–Kier alpha value is -1.95. The predicted octanol–water partition coefficient (Wildman–Crippen LogP) is 2.02. The van der Waals surface area contributed by atoms with Gasteiger partial charge < -0.3 is 10.4 Å². The number of nitrogens with one attached hydrogen (secondary N) is 1. The fourth-order valence-electron chi connectivity index (χ4n) is 3.46. The van der Waals surface area contributed by atoms with Crippen molar-refractivity contribution in [2.24, 2.45) is 11.8 Å². The molecule has 1 aromatic carbocycles. The van der Waals surface area contributed by atoms with E-state index < -0.39 is 12.0 Å². The zero-order valence-corrected chi connectivity index (χ0v) is 13.6. The van der Waals surface area contributed by atoms with E-state index >= 15 is 0 Å². The molecular formula is C18H23FN2O3. The maximum atomic E-state index is 12.9. The third-order valence-corrected chi connectivity index (χ3v) is 5.15. The number of carbonyl (C=O) groups is 2. The van der Waals surface area contributed by atoms with Gasteiger partial charge in [0.05, 0.1) is 5.92 Å². The van der Waals surface area contributed by atoms with E-state index in [9.17, 15) is 19.1 Å². The van der Waals surface area contributed by atoms with Crippen molar-refractivity contribution in [1.82, 2.24) is 10.2 Å². The first-order valence-electron chi connectivity index (χ1n) is 8.53. The van der Waals surface area contributed by atoms with E-state index in [1.165, 1.54) is 12.1 Å². The van der Waals surface area contributed by atoms with Gasteiger partial charge >= 0.3 is 5.97 Å². The standard InChI is InChI=1S/C18H23FN2O3/c19-15-6-4-12(5-7-15)10-21-9-8-14(11-21)17(22)20-16(18(23)24)13-2-1-3-13/h4-7,13-14,16H,1-3,8-11H2,(H,20,22)(H,23,24). The van der Waals surface area contributed by atoms with Crippen LogP contribution in [0.3, 0.4) is 0 Å². The van der Waals surface area contributed by atoms with Crippen LogP contribution in [0.2, 0.25) is 0 Å². The van der Waals surface area contributed by atoms with E-state index in [1.54, 1.807) is 12.1 Å². The normalized spacial score (nSPS) is 22.8. The predicted molar refractivity (Wildman–Crippen MR) is 86.7 cm³/mol. The quantitative estimate of drug-likeness (QED) is 0.835. The molecule has 0 radical (unpaired) electrons. The zero-order chi connectivity index (χ0) is 17.1. The summed E-state index contributed by atoms with van der Waals surface area (Å²) in [7, 11) is 0. The molecule has 1 saturated carbocycles. The second-order valence-electron chi connectivity index (χ2n) is 6.86. The summed E-state index contributed by atoms with van der Waals surface area (Å²) < 4.78 is 12.9. The molecule has 2 aliphatic rings. The molecule has 6 heteroatoms. The molecule has 1 aliphatic heterocycles. The van der Waals surface area contributed by atoms with Crippen LogP contribution in [0.5, 0.6) is 0 Å². The van der Waals surface area contributed by atoms with Gasteiger partial charge in [0.25, 0.3) is 0 Å². The SMILES string of the molecule is O=C(NC(C(=O)O)C1CCC1)C1CCN(Cc2ccc(F)cc2)C1. The van der Waals surface area contributed by atoms with Gasteiger partial charge in [-0.3, -0.25) is 9.69 Å². The number of aliphatic carboxylic acids is 1. The van der Waals surface area contributed by atoms with Crippen LogP contribution in [0.25, 0.3) is 0 Å². The van der Waals surface area contributed by atoms with Crippen molar-refractivity contribution in [3.05, 3.63) is 35.6 Å². The number of carboxylic acid groups (broad SMARTS) is 1. The Morgan fingerprint density at radius 1 is 1.25 bits per heavy atom. The minimum Gasteiger partial charge on any atom is -0.480 e. The van der Waals surface area contributed by atoms with Crippen LogP contribution in [0.4, 0.5) is 4.39 Å². The van der Waals surface area contributed by atoms with Crippen LogP contribution in [-0.2, 0) is 16.1 Å². The summed E-state index contributed by atoms with van der Waals surface area (Å²) in [6.07, 6.45) is 3.51. The largest absolute Gasteiger partial charge is 0.480 e. The molecule has 2 unspecified atom stereocenters. The molecule has 1 aliphatic carbocycles. The number of carboxylic acids is 1. The highest BCUT2D eigenvalue weighted by Crippen LogP contribution is 2.30. The first-order chi connectivity index (χ1) is 11.5. The maximum absolute atomic E-state index is 12.9. The smallest absolute Gasteiger partial charge is 0.326 e. The number of carbonyl (C=O) groups excluding carboxylic acids is 1. The Bertz CT molecular complexity index is 601. The van der Waals surface area contributed by atoms with Gasteiger partial charge in [0, 0.05) is 13.1 Å². The van der Waals surface area contributed by atoms with E-state index in [2.05, 4.69) is 10.2 Å².